The van der Waals surface area contributed by atoms with E-state index in [2.05, 4.69) is 22.9 Å². The lowest BCUT2D eigenvalue weighted by atomic mass is 10.0. The third-order valence-corrected chi connectivity index (χ3v) is 10.4. The van der Waals surface area contributed by atoms with E-state index >= 15 is 0 Å². The molecule has 3 aliphatic rings. The Balaban J connectivity index is 1.62. The van der Waals surface area contributed by atoms with Gasteiger partial charge in [0.2, 0.25) is 35.4 Å². The Bertz CT molecular complexity index is 1460. The van der Waals surface area contributed by atoms with Gasteiger partial charge in [-0.2, -0.15) is 0 Å². The highest BCUT2D eigenvalue weighted by Gasteiger charge is 2.44. The normalized spacial score (nSPS) is 26.7. The SMILES string of the molecule is CCCCCCCC(=O)N[C@@H](Cc1ccccc1)C(=O)N[C@H]1COC(=O)[C@@H]2C[C@@H](C)CN2C(=O)[C@H](C)NC(=O)[C@H](C)N(C)C(=O)[C@@H]2CCCN2C1=O. The molecule has 0 spiro atoms. The van der Waals surface area contributed by atoms with Gasteiger partial charge in [-0.1, -0.05) is 69.9 Å². The van der Waals surface area contributed by atoms with Gasteiger partial charge in [0.1, 0.15) is 42.9 Å². The number of carbonyl (C=O) groups excluding carboxylic acids is 7. The average molecular weight is 725 g/mol. The molecule has 3 saturated heterocycles. The first-order chi connectivity index (χ1) is 24.8. The van der Waals surface area contributed by atoms with Gasteiger partial charge in [-0.25, -0.2) is 4.79 Å². The van der Waals surface area contributed by atoms with Crippen LogP contribution in [0.15, 0.2) is 30.3 Å². The number of hydrogen-bond acceptors (Lipinski definition) is 8. The second-order valence-corrected chi connectivity index (χ2v) is 14.6. The molecule has 0 bridgehead atoms. The van der Waals surface area contributed by atoms with Crippen molar-refractivity contribution in [3.63, 3.8) is 0 Å². The Morgan fingerprint density at radius 1 is 0.923 bits per heavy atom. The summed E-state index contributed by atoms with van der Waals surface area (Å²) in [5.74, 6) is -3.83. The smallest absolute Gasteiger partial charge is 0.328 e. The van der Waals surface area contributed by atoms with Gasteiger partial charge < -0.3 is 35.4 Å². The van der Waals surface area contributed by atoms with Crippen LogP contribution in [0.2, 0.25) is 0 Å². The number of cyclic esters (lactones) is 1. The number of fused-ring (bicyclic) bond motifs is 2. The van der Waals surface area contributed by atoms with E-state index in [0.29, 0.717) is 25.7 Å². The van der Waals surface area contributed by atoms with Crippen molar-refractivity contribution in [3.05, 3.63) is 35.9 Å². The second kappa shape index (κ2) is 18.8. The van der Waals surface area contributed by atoms with Gasteiger partial charge >= 0.3 is 5.97 Å². The van der Waals surface area contributed by atoms with E-state index < -0.39 is 78.4 Å². The van der Waals surface area contributed by atoms with Gasteiger partial charge in [-0.15, -0.1) is 0 Å². The number of benzene rings is 1. The standard InChI is InChI=1S/C38H56N6O8/c1-6-7-8-9-13-18-32(45)40-28(21-27-15-11-10-12-16-27)34(47)41-29-23-52-38(51)31-20-24(2)22-44(31)35(48)25(3)39-33(46)26(4)42(5)37(50)30-17-14-19-43(30)36(29)49/h10-12,15-16,24-26,28-31H,6-9,13-14,17-23H2,1-5H3,(H,39,46)(H,40,45)(H,41,47)/t24-,25+,26+,28+,29+,30+,31+/m1/s1. The fourth-order valence-electron chi connectivity index (χ4n) is 7.17. The fraction of sp³-hybridized carbons (Fsp3) is 0.658. The topological polar surface area (TPSA) is 175 Å². The van der Waals surface area contributed by atoms with Crippen LogP contribution in [0.5, 0.6) is 0 Å². The van der Waals surface area contributed by atoms with Gasteiger partial charge in [0.15, 0.2) is 0 Å². The molecule has 0 radical (unpaired) electrons. The first-order valence-corrected chi connectivity index (χ1v) is 18.8. The average Bonchev–Trinajstić information content (AvgIpc) is 3.78. The zero-order valence-corrected chi connectivity index (χ0v) is 31.2. The summed E-state index contributed by atoms with van der Waals surface area (Å²) in [7, 11) is 1.48. The molecule has 52 heavy (non-hydrogen) atoms. The lowest BCUT2D eigenvalue weighted by Gasteiger charge is -2.34. The van der Waals surface area contributed by atoms with Crippen LogP contribution in [-0.4, -0.2) is 119 Å². The molecule has 3 N–H and O–H groups in total. The van der Waals surface area contributed by atoms with E-state index in [1.807, 2.05) is 37.3 Å². The maximum atomic E-state index is 14.3. The zero-order valence-electron chi connectivity index (χ0n) is 31.2. The van der Waals surface area contributed by atoms with Crippen LogP contribution < -0.4 is 16.0 Å². The van der Waals surface area contributed by atoms with E-state index in [1.165, 1.54) is 28.7 Å². The van der Waals surface area contributed by atoms with Crippen molar-refractivity contribution in [1.29, 1.82) is 0 Å². The second-order valence-electron chi connectivity index (χ2n) is 14.6. The Hall–Kier alpha value is -4.49. The first kappa shape index (κ1) is 40.3. The van der Waals surface area contributed by atoms with Crippen molar-refractivity contribution >= 4 is 41.4 Å². The summed E-state index contributed by atoms with van der Waals surface area (Å²) in [6, 6.07) is 2.93. The summed E-state index contributed by atoms with van der Waals surface area (Å²) in [4.78, 5) is 99.5. The highest BCUT2D eigenvalue weighted by Crippen LogP contribution is 2.26. The van der Waals surface area contributed by atoms with Crippen molar-refractivity contribution in [3.8, 4) is 0 Å². The van der Waals surface area contributed by atoms with Gasteiger partial charge in [-0.3, -0.25) is 28.8 Å². The van der Waals surface area contributed by atoms with E-state index in [-0.39, 0.29) is 37.8 Å². The Labute approximate surface area is 306 Å². The van der Waals surface area contributed by atoms with Crippen molar-refractivity contribution < 1.29 is 38.3 Å². The van der Waals surface area contributed by atoms with Gasteiger partial charge in [0.05, 0.1) is 0 Å². The van der Waals surface area contributed by atoms with Crippen LogP contribution in [0, 0.1) is 5.92 Å². The van der Waals surface area contributed by atoms with Crippen LogP contribution in [0.3, 0.4) is 0 Å². The Morgan fingerprint density at radius 2 is 1.63 bits per heavy atom. The minimum absolute atomic E-state index is 0.0364. The number of unbranched alkanes of at least 4 members (excludes halogenated alkanes) is 4. The number of nitrogens with zero attached hydrogens (tertiary/aromatic N) is 3. The number of ether oxygens (including phenoxy) is 1. The molecule has 14 heteroatoms. The molecular weight excluding hydrogens is 668 g/mol. The highest BCUT2D eigenvalue weighted by molar-refractivity contribution is 5.97. The molecule has 14 nitrogen and oxygen atoms in total. The molecule has 1 aromatic rings. The third kappa shape index (κ3) is 10.3. The molecule has 1 aromatic carbocycles. The predicted octanol–water partition coefficient (Wildman–Crippen LogP) is 1.70. The number of hydrogen-bond donors (Lipinski definition) is 3. The van der Waals surface area contributed by atoms with Crippen molar-refractivity contribution in [2.45, 2.75) is 128 Å². The minimum Gasteiger partial charge on any atom is -0.461 e. The Kier molecular flexibility index (Phi) is 14.6. The molecule has 0 saturated carbocycles. The monoisotopic (exact) mass is 724 g/mol. The van der Waals surface area contributed by atoms with E-state index in [4.69, 9.17) is 4.74 Å². The molecule has 6 amide bonds. The molecule has 0 unspecified atom stereocenters. The van der Waals surface area contributed by atoms with E-state index in [9.17, 15) is 33.6 Å². The Morgan fingerprint density at radius 3 is 2.35 bits per heavy atom. The molecule has 3 aliphatic heterocycles. The summed E-state index contributed by atoms with van der Waals surface area (Å²) in [6.45, 7) is 7.02. The van der Waals surface area contributed by atoms with Crippen molar-refractivity contribution in [2.75, 3.05) is 26.7 Å². The molecule has 7 atom stereocenters. The minimum atomic E-state index is -1.39. The molecule has 3 fully saturated rings. The zero-order chi connectivity index (χ0) is 37.9. The number of rotatable bonds is 11. The third-order valence-electron chi connectivity index (χ3n) is 10.4. The van der Waals surface area contributed by atoms with Crippen molar-refractivity contribution in [1.82, 2.24) is 30.7 Å². The van der Waals surface area contributed by atoms with Crippen LogP contribution in [-0.2, 0) is 44.7 Å². The largest absolute Gasteiger partial charge is 0.461 e. The number of carbonyl (C=O) groups is 7. The molecule has 0 aliphatic carbocycles. The summed E-state index contributed by atoms with van der Waals surface area (Å²) < 4.78 is 5.71. The summed E-state index contributed by atoms with van der Waals surface area (Å²) >= 11 is 0. The predicted molar refractivity (Wildman–Crippen MR) is 192 cm³/mol. The van der Waals surface area contributed by atoms with Crippen LogP contribution >= 0.6 is 0 Å². The van der Waals surface area contributed by atoms with Gasteiger partial charge in [0, 0.05) is 33.0 Å². The van der Waals surface area contributed by atoms with Crippen LogP contribution in [0.25, 0.3) is 0 Å². The lowest BCUT2D eigenvalue weighted by Crippen LogP contribution is -2.60. The summed E-state index contributed by atoms with van der Waals surface area (Å²) in [5, 5.41) is 8.28. The number of likely N-dealkylation sites (N-methyl/N-ethyl adjacent to an activating group) is 1. The lowest BCUT2D eigenvalue weighted by molar-refractivity contribution is -0.158. The van der Waals surface area contributed by atoms with Crippen molar-refractivity contribution in [2.24, 2.45) is 5.92 Å². The molecule has 4 rings (SSSR count). The van der Waals surface area contributed by atoms with Gasteiger partial charge in [0.25, 0.3) is 0 Å². The first-order valence-electron chi connectivity index (χ1n) is 18.8. The molecule has 3 heterocycles. The van der Waals surface area contributed by atoms with E-state index in [1.54, 1.807) is 6.92 Å². The molecule has 0 aromatic heterocycles. The highest BCUT2D eigenvalue weighted by atomic mass is 16.5. The molecular formula is C38H56N6O8. The number of nitrogens with one attached hydrogen (secondary N) is 3. The van der Waals surface area contributed by atoms with Crippen LogP contribution in [0.1, 0.15) is 91.0 Å². The van der Waals surface area contributed by atoms with Gasteiger partial charge in [-0.05, 0) is 51.0 Å². The quantitative estimate of drug-likeness (QED) is 0.228. The number of esters is 1. The maximum Gasteiger partial charge on any atom is 0.328 e. The van der Waals surface area contributed by atoms with E-state index in [0.717, 1.165) is 31.2 Å². The van der Waals surface area contributed by atoms with Crippen LogP contribution in [0.4, 0.5) is 0 Å². The fourth-order valence-corrected chi connectivity index (χ4v) is 7.17. The molecule has 286 valence electrons. The summed E-state index contributed by atoms with van der Waals surface area (Å²) in [5.41, 5.74) is 0.794. The maximum absolute atomic E-state index is 14.3. The summed E-state index contributed by atoms with van der Waals surface area (Å²) in [6.07, 6.45) is 6.32. The number of amides is 6.